The van der Waals surface area contributed by atoms with Crippen molar-refractivity contribution in [2.24, 2.45) is 0 Å². The average Bonchev–Trinajstić information content (AvgIpc) is 3.21. The monoisotopic (exact) mass is 347 g/mol. The highest BCUT2D eigenvalue weighted by Gasteiger charge is 2.28. The zero-order valence-electron chi connectivity index (χ0n) is 14.6. The van der Waals surface area contributed by atoms with E-state index >= 15 is 0 Å². The van der Waals surface area contributed by atoms with Gasteiger partial charge in [-0.25, -0.2) is 9.97 Å². The van der Waals surface area contributed by atoms with Gasteiger partial charge in [-0.05, 0) is 33.9 Å². The Kier molecular flexibility index (Phi) is 5.30. The predicted octanol–water partition coefficient (Wildman–Crippen LogP) is 2.23. The van der Waals surface area contributed by atoms with E-state index in [2.05, 4.69) is 39.7 Å². The molecule has 130 valence electrons. The van der Waals surface area contributed by atoms with Crippen LogP contribution in [-0.2, 0) is 6.54 Å². The van der Waals surface area contributed by atoms with E-state index in [9.17, 15) is 4.79 Å². The van der Waals surface area contributed by atoms with Gasteiger partial charge in [-0.1, -0.05) is 0 Å². The molecular weight excluding hydrogens is 322 g/mol. The summed E-state index contributed by atoms with van der Waals surface area (Å²) < 4.78 is 2.26. The molecule has 0 saturated carbocycles. The third-order valence-corrected chi connectivity index (χ3v) is 5.54. The van der Waals surface area contributed by atoms with Crippen molar-refractivity contribution in [3.05, 3.63) is 34.3 Å². The third kappa shape index (κ3) is 3.67. The van der Waals surface area contributed by atoms with Crippen LogP contribution in [0.2, 0.25) is 0 Å². The summed E-state index contributed by atoms with van der Waals surface area (Å²) in [5, 5.41) is 0. The van der Waals surface area contributed by atoms with Gasteiger partial charge in [0, 0.05) is 44.5 Å². The molecule has 7 heteroatoms. The lowest BCUT2D eigenvalue weighted by Gasteiger charge is -2.32. The number of likely N-dealkylation sites (tertiary alicyclic amines) is 1. The van der Waals surface area contributed by atoms with Gasteiger partial charge in [0.1, 0.15) is 10.7 Å². The summed E-state index contributed by atoms with van der Waals surface area (Å²) in [5.74, 6) is 1.73. The molecule has 2 aromatic rings. The SMILES string of the molecule is Cc1ncsc1C(=O)N1CCC(c2nccn2CCN(C)C)CC1. The number of imidazole rings is 1. The lowest BCUT2D eigenvalue weighted by atomic mass is 9.95. The average molecular weight is 347 g/mol. The second-order valence-corrected chi connectivity index (χ2v) is 7.47. The molecule has 0 bridgehead atoms. The van der Waals surface area contributed by atoms with Gasteiger partial charge in [-0.2, -0.15) is 0 Å². The molecule has 0 aromatic carbocycles. The second-order valence-electron chi connectivity index (χ2n) is 6.62. The summed E-state index contributed by atoms with van der Waals surface area (Å²) in [6.45, 7) is 5.45. The maximum atomic E-state index is 12.6. The normalized spacial score (nSPS) is 16.1. The highest BCUT2D eigenvalue weighted by molar-refractivity contribution is 7.11. The van der Waals surface area contributed by atoms with Crippen LogP contribution in [0.25, 0.3) is 0 Å². The van der Waals surface area contributed by atoms with E-state index < -0.39 is 0 Å². The topological polar surface area (TPSA) is 54.3 Å². The highest BCUT2D eigenvalue weighted by Crippen LogP contribution is 2.28. The van der Waals surface area contributed by atoms with Gasteiger partial charge in [0.2, 0.25) is 0 Å². The minimum Gasteiger partial charge on any atom is -0.338 e. The van der Waals surface area contributed by atoms with Crippen LogP contribution in [0.3, 0.4) is 0 Å². The van der Waals surface area contributed by atoms with Gasteiger partial charge in [-0.15, -0.1) is 11.3 Å². The Bertz CT molecular complexity index is 685. The molecule has 1 saturated heterocycles. The van der Waals surface area contributed by atoms with E-state index in [1.165, 1.54) is 11.3 Å². The minimum absolute atomic E-state index is 0.129. The molecule has 0 atom stereocenters. The number of aryl methyl sites for hydroxylation is 1. The van der Waals surface area contributed by atoms with Crippen LogP contribution in [0, 0.1) is 6.92 Å². The third-order valence-electron chi connectivity index (χ3n) is 4.62. The Hall–Kier alpha value is -1.73. The number of hydrogen-bond acceptors (Lipinski definition) is 5. The summed E-state index contributed by atoms with van der Waals surface area (Å²) in [5.41, 5.74) is 2.59. The first-order valence-corrected chi connectivity index (χ1v) is 9.29. The quantitative estimate of drug-likeness (QED) is 0.832. The first-order valence-electron chi connectivity index (χ1n) is 8.41. The van der Waals surface area contributed by atoms with Gasteiger partial charge < -0.3 is 14.4 Å². The molecule has 24 heavy (non-hydrogen) atoms. The molecule has 2 aromatic heterocycles. The van der Waals surface area contributed by atoms with Crippen molar-refractivity contribution >= 4 is 17.2 Å². The van der Waals surface area contributed by atoms with Crippen LogP contribution >= 0.6 is 11.3 Å². The Morgan fingerprint density at radius 2 is 2.08 bits per heavy atom. The number of likely N-dealkylation sites (N-methyl/N-ethyl adjacent to an activating group) is 1. The molecule has 0 aliphatic carbocycles. The van der Waals surface area contributed by atoms with Gasteiger partial charge >= 0.3 is 0 Å². The maximum Gasteiger partial charge on any atom is 0.265 e. The summed E-state index contributed by atoms with van der Waals surface area (Å²) in [6.07, 6.45) is 5.91. The summed E-state index contributed by atoms with van der Waals surface area (Å²) in [7, 11) is 4.17. The first-order chi connectivity index (χ1) is 11.6. The summed E-state index contributed by atoms with van der Waals surface area (Å²) in [6, 6.07) is 0. The molecule has 0 spiro atoms. The van der Waals surface area contributed by atoms with E-state index in [0.717, 1.165) is 55.4 Å². The van der Waals surface area contributed by atoms with E-state index in [0.29, 0.717) is 5.92 Å². The number of rotatable bonds is 5. The number of hydrogen-bond donors (Lipinski definition) is 0. The van der Waals surface area contributed by atoms with E-state index in [1.807, 2.05) is 18.0 Å². The van der Waals surface area contributed by atoms with Crippen LogP contribution < -0.4 is 0 Å². The Balaban J connectivity index is 1.60. The number of aromatic nitrogens is 3. The number of piperidine rings is 1. The van der Waals surface area contributed by atoms with Gasteiger partial charge in [0.25, 0.3) is 5.91 Å². The molecule has 6 nitrogen and oxygen atoms in total. The predicted molar refractivity (Wildman–Crippen MR) is 95.5 cm³/mol. The Morgan fingerprint density at radius 3 is 2.71 bits per heavy atom. The van der Waals surface area contributed by atoms with Crippen LogP contribution in [0.5, 0.6) is 0 Å². The summed E-state index contributed by atoms with van der Waals surface area (Å²) >= 11 is 1.44. The molecule has 1 aliphatic rings. The molecule has 1 aliphatic heterocycles. The molecule has 0 radical (unpaired) electrons. The fourth-order valence-electron chi connectivity index (χ4n) is 3.17. The van der Waals surface area contributed by atoms with Crippen molar-refractivity contribution in [3.8, 4) is 0 Å². The fourth-order valence-corrected chi connectivity index (χ4v) is 3.94. The van der Waals surface area contributed by atoms with Crippen molar-refractivity contribution in [3.63, 3.8) is 0 Å². The number of carbonyl (C=O) groups is 1. The fraction of sp³-hybridized carbons (Fsp3) is 0.588. The van der Waals surface area contributed by atoms with Gasteiger partial charge in [0.05, 0.1) is 11.2 Å². The number of thiazole rings is 1. The van der Waals surface area contributed by atoms with Crippen molar-refractivity contribution in [1.82, 2.24) is 24.3 Å². The van der Waals surface area contributed by atoms with Gasteiger partial charge in [0.15, 0.2) is 0 Å². The van der Waals surface area contributed by atoms with Crippen molar-refractivity contribution in [2.75, 3.05) is 33.7 Å². The highest BCUT2D eigenvalue weighted by atomic mass is 32.1. The van der Waals surface area contributed by atoms with Crippen LogP contribution in [0.4, 0.5) is 0 Å². The lowest BCUT2D eigenvalue weighted by Crippen LogP contribution is -2.38. The number of carbonyl (C=O) groups excluding carboxylic acids is 1. The molecule has 0 unspecified atom stereocenters. The van der Waals surface area contributed by atoms with Crippen molar-refractivity contribution in [1.29, 1.82) is 0 Å². The molecular formula is C17H25N5OS. The Morgan fingerprint density at radius 1 is 1.33 bits per heavy atom. The molecule has 1 amide bonds. The van der Waals surface area contributed by atoms with Crippen LogP contribution in [0.1, 0.15) is 39.9 Å². The molecule has 3 rings (SSSR count). The smallest absolute Gasteiger partial charge is 0.265 e. The maximum absolute atomic E-state index is 12.6. The lowest BCUT2D eigenvalue weighted by molar-refractivity contribution is 0.0714. The first kappa shape index (κ1) is 17.1. The largest absolute Gasteiger partial charge is 0.338 e. The second kappa shape index (κ2) is 7.44. The molecule has 3 heterocycles. The van der Waals surface area contributed by atoms with Crippen LogP contribution in [0.15, 0.2) is 17.9 Å². The van der Waals surface area contributed by atoms with E-state index in [4.69, 9.17) is 0 Å². The van der Waals surface area contributed by atoms with E-state index in [1.54, 1.807) is 5.51 Å². The Labute approximate surface area is 147 Å². The summed E-state index contributed by atoms with van der Waals surface area (Å²) in [4.78, 5) is 26.3. The van der Waals surface area contributed by atoms with Crippen LogP contribution in [-0.4, -0.2) is 64.0 Å². The van der Waals surface area contributed by atoms with Gasteiger partial charge in [-0.3, -0.25) is 4.79 Å². The number of amides is 1. The molecule has 0 N–H and O–H groups in total. The van der Waals surface area contributed by atoms with E-state index in [-0.39, 0.29) is 5.91 Å². The number of nitrogens with zero attached hydrogens (tertiary/aromatic N) is 5. The minimum atomic E-state index is 0.129. The zero-order chi connectivity index (χ0) is 17.1. The standard InChI is InChI=1S/C17H25N5OS/c1-13-15(24-12-19-13)17(23)22-7-4-14(5-8-22)16-18-6-9-21(16)11-10-20(2)3/h6,9,12,14H,4-5,7-8,10-11H2,1-3H3. The zero-order valence-corrected chi connectivity index (χ0v) is 15.4. The van der Waals surface area contributed by atoms with Crippen molar-refractivity contribution in [2.45, 2.75) is 32.2 Å². The van der Waals surface area contributed by atoms with Crippen molar-refractivity contribution < 1.29 is 4.79 Å². The molecule has 1 fully saturated rings.